The van der Waals surface area contributed by atoms with Gasteiger partial charge in [0.2, 0.25) is 0 Å². The summed E-state index contributed by atoms with van der Waals surface area (Å²) in [5, 5.41) is 4.53. The molecule has 0 unspecified atom stereocenters. The van der Waals surface area contributed by atoms with Crippen molar-refractivity contribution in [2.24, 2.45) is 5.10 Å². The zero-order chi connectivity index (χ0) is 10.9. The lowest BCUT2D eigenvalue weighted by Crippen LogP contribution is -2.56. The smallest absolute Gasteiger partial charge is 0.166 e. The summed E-state index contributed by atoms with van der Waals surface area (Å²) in [5.74, 6) is 0. The van der Waals surface area contributed by atoms with E-state index >= 15 is 0 Å². The highest BCUT2D eigenvalue weighted by atomic mass is 79.9. The molecule has 6 heteroatoms. The standard InChI is InChI=1S/C7H18Br2N2Si2/c1-12(2,3)11(10-7(8)9)13(4,5)6/h1-6H3. The molecule has 0 spiro atoms. The maximum atomic E-state index is 4.53. The van der Waals surface area contributed by atoms with Crippen LogP contribution in [0.2, 0.25) is 39.3 Å². The fourth-order valence-electron chi connectivity index (χ4n) is 1.38. The van der Waals surface area contributed by atoms with Gasteiger partial charge in [0.15, 0.2) is 20.0 Å². The summed E-state index contributed by atoms with van der Waals surface area (Å²) < 4.78 is 3.14. The van der Waals surface area contributed by atoms with Crippen molar-refractivity contribution in [3.8, 4) is 0 Å². The van der Waals surface area contributed by atoms with E-state index in [0.29, 0.717) is 0 Å². The minimum Gasteiger partial charge on any atom is -0.348 e. The maximum Gasteiger partial charge on any atom is 0.166 e. The van der Waals surface area contributed by atoms with Crippen LogP contribution in [-0.2, 0) is 0 Å². The number of halogens is 2. The fourth-order valence-corrected chi connectivity index (χ4v) is 11.1. The van der Waals surface area contributed by atoms with E-state index in [9.17, 15) is 0 Å². The van der Waals surface area contributed by atoms with Gasteiger partial charge < -0.3 is 4.34 Å². The average molecular weight is 346 g/mol. The molecule has 0 bridgehead atoms. The predicted octanol–water partition coefficient (Wildman–Crippen LogP) is 4.02. The van der Waals surface area contributed by atoms with Crippen molar-refractivity contribution in [3.05, 3.63) is 0 Å². The Balaban J connectivity index is 4.90. The largest absolute Gasteiger partial charge is 0.348 e. The molecule has 0 aliphatic carbocycles. The van der Waals surface area contributed by atoms with Gasteiger partial charge in [0.05, 0.1) is 0 Å². The Bertz CT molecular complexity index is 188. The first-order chi connectivity index (χ1) is 5.55. The van der Waals surface area contributed by atoms with Gasteiger partial charge >= 0.3 is 0 Å². The van der Waals surface area contributed by atoms with Crippen LogP contribution < -0.4 is 0 Å². The second-order valence-electron chi connectivity index (χ2n) is 4.99. The summed E-state index contributed by atoms with van der Waals surface area (Å²) in [6.07, 6.45) is 0. The maximum absolute atomic E-state index is 4.53. The Labute approximate surface area is 100 Å². The molecule has 0 atom stereocenters. The summed E-state index contributed by atoms with van der Waals surface area (Å²) in [4.78, 5) is 0. The van der Waals surface area contributed by atoms with Crippen LogP contribution >= 0.6 is 31.9 Å². The third-order valence-electron chi connectivity index (χ3n) is 1.45. The Morgan fingerprint density at radius 1 is 0.923 bits per heavy atom. The van der Waals surface area contributed by atoms with E-state index in [2.05, 4.69) is 80.6 Å². The number of hydrogen-bond acceptors (Lipinski definition) is 2. The molecule has 0 fully saturated rings. The monoisotopic (exact) mass is 344 g/mol. The molecule has 0 aromatic heterocycles. The van der Waals surface area contributed by atoms with Crippen molar-refractivity contribution >= 4 is 51.9 Å². The van der Waals surface area contributed by atoms with Crippen LogP contribution in [0.25, 0.3) is 0 Å². The molecular formula is C7H18Br2N2Si2. The Kier molecular flexibility index (Phi) is 4.89. The topological polar surface area (TPSA) is 15.6 Å². The van der Waals surface area contributed by atoms with Gasteiger partial charge in [-0.2, -0.15) is 5.10 Å². The van der Waals surface area contributed by atoms with Crippen LogP contribution in [0.4, 0.5) is 0 Å². The fraction of sp³-hybridized carbons (Fsp3) is 0.857. The molecule has 0 amide bonds. The van der Waals surface area contributed by atoms with Gasteiger partial charge in [-0.25, -0.2) is 0 Å². The normalized spacial score (nSPS) is 12.6. The van der Waals surface area contributed by atoms with Crippen LogP contribution in [0.1, 0.15) is 0 Å². The average Bonchev–Trinajstić information content (AvgIpc) is 1.77. The van der Waals surface area contributed by atoms with E-state index < -0.39 is 16.5 Å². The first kappa shape index (κ1) is 13.9. The van der Waals surface area contributed by atoms with E-state index in [1.54, 1.807) is 0 Å². The molecule has 0 N–H and O–H groups in total. The minimum atomic E-state index is -1.34. The van der Waals surface area contributed by atoms with Crippen LogP contribution in [0.3, 0.4) is 0 Å². The molecule has 0 aliphatic heterocycles. The zero-order valence-corrected chi connectivity index (χ0v) is 14.3. The van der Waals surface area contributed by atoms with Crippen LogP contribution in [0.5, 0.6) is 0 Å². The third-order valence-corrected chi connectivity index (χ3v) is 8.53. The van der Waals surface area contributed by atoms with E-state index in [1.165, 1.54) is 0 Å². The van der Waals surface area contributed by atoms with E-state index in [-0.39, 0.29) is 0 Å². The van der Waals surface area contributed by atoms with Gasteiger partial charge in [0.1, 0.15) is 0 Å². The number of hydrogen-bond donors (Lipinski definition) is 0. The lowest BCUT2D eigenvalue weighted by Gasteiger charge is -2.41. The minimum absolute atomic E-state index is 0.796. The predicted molar refractivity (Wildman–Crippen MR) is 73.8 cm³/mol. The van der Waals surface area contributed by atoms with Crippen molar-refractivity contribution in [2.45, 2.75) is 39.3 Å². The van der Waals surface area contributed by atoms with Crippen molar-refractivity contribution < 1.29 is 0 Å². The first-order valence-electron chi connectivity index (χ1n) is 4.25. The summed E-state index contributed by atoms with van der Waals surface area (Å²) in [6, 6.07) is 0. The van der Waals surface area contributed by atoms with Crippen LogP contribution in [-0.4, -0.2) is 24.3 Å². The lowest BCUT2D eigenvalue weighted by molar-refractivity contribution is 0.673. The summed E-state index contributed by atoms with van der Waals surface area (Å²) >= 11 is 6.66. The second kappa shape index (κ2) is 4.59. The van der Waals surface area contributed by atoms with Gasteiger partial charge in [-0.1, -0.05) is 39.3 Å². The number of hydrazone groups is 1. The Hall–Kier alpha value is 0.864. The van der Waals surface area contributed by atoms with Crippen molar-refractivity contribution in [3.63, 3.8) is 0 Å². The lowest BCUT2D eigenvalue weighted by atomic mass is 11.7. The molecule has 0 saturated carbocycles. The molecular weight excluding hydrogens is 328 g/mol. The molecule has 0 aliphatic rings. The quantitative estimate of drug-likeness (QED) is 0.428. The first-order valence-corrected chi connectivity index (χ1v) is 12.7. The molecule has 0 radical (unpaired) electrons. The van der Waals surface area contributed by atoms with Crippen LogP contribution in [0, 0.1) is 0 Å². The Morgan fingerprint density at radius 3 is 1.31 bits per heavy atom. The van der Waals surface area contributed by atoms with Gasteiger partial charge in [0, 0.05) is 0 Å². The van der Waals surface area contributed by atoms with Crippen molar-refractivity contribution in [1.29, 1.82) is 0 Å². The molecule has 13 heavy (non-hydrogen) atoms. The highest BCUT2D eigenvalue weighted by Gasteiger charge is 2.33. The summed E-state index contributed by atoms with van der Waals surface area (Å²) in [6.45, 7) is 13.9. The van der Waals surface area contributed by atoms with Gasteiger partial charge in [-0.15, -0.1) is 0 Å². The molecule has 0 heterocycles. The molecule has 2 nitrogen and oxygen atoms in total. The number of nitrogens with zero attached hydrogens (tertiary/aromatic N) is 2. The van der Waals surface area contributed by atoms with Gasteiger partial charge in [-0.05, 0) is 31.9 Å². The molecule has 0 aromatic rings. The van der Waals surface area contributed by atoms with E-state index in [4.69, 9.17) is 0 Å². The van der Waals surface area contributed by atoms with Crippen LogP contribution in [0.15, 0.2) is 5.10 Å². The molecule has 0 saturated heterocycles. The SMILES string of the molecule is C[Si](C)(C)N(N=C(Br)Br)[Si](C)(C)C. The van der Waals surface area contributed by atoms with Crippen molar-refractivity contribution in [2.75, 3.05) is 0 Å². The van der Waals surface area contributed by atoms with Gasteiger partial charge in [0.25, 0.3) is 0 Å². The van der Waals surface area contributed by atoms with E-state index in [0.717, 1.165) is 3.53 Å². The highest BCUT2D eigenvalue weighted by Crippen LogP contribution is 2.21. The zero-order valence-electron chi connectivity index (χ0n) is 9.15. The van der Waals surface area contributed by atoms with Gasteiger partial charge in [-0.3, -0.25) is 0 Å². The summed E-state index contributed by atoms with van der Waals surface area (Å²) in [7, 11) is -2.67. The Morgan fingerprint density at radius 2 is 1.23 bits per heavy atom. The van der Waals surface area contributed by atoms with Crippen molar-refractivity contribution in [1.82, 2.24) is 4.34 Å². The summed E-state index contributed by atoms with van der Waals surface area (Å²) in [5.41, 5.74) is 0. The highest BCUT2D eigenvalue weighted by molar-refractivity contribution is 9.39. The molecule has 0 rings (SSSR count). The third kappa shape index (κ3) is 5.34. The second-order valence-corrected chi connectivity index (χ2v) is 17.5. The molecule has 78 valence electrons. The molecule has 0 aromatic carbocycles. The number of rotatable bonds is 3. The van der Waals surface area contributed by atoms with E-state index in [1.807, 2.05) is 0 Å².